The van der Waals surface area contributed by atoms with Gasteiger partial charge < -0.3 is 14.8 Å². The van der Waals surface area contributed by atoms with Crippen molar-refractivity contribution in [2.45, 2.75) is 30.7 Å². The summed E-state index contributed by atoms with van der Waals surface area (Å²) in [5, 5.41) is 4.67. The standard InChI is InChI=1S/C14H12ClF3N2O4/c15-7-1-2-10-9(5-7)13(14(16,17)18,24-12(22)20-10)4-3-8-6-19-11(21)23-8/h1-2,5,8H,3-4,6H2,(H,19,21)(H,20,22). The molecule has 0 radical (unpaired) electrons. The molecule has 1 aromatic carbocycles. The first-order valence-corrected chi connectivity index (χ1v) is 7.40. The molecule has 0 saturated carbocycles. The van der Waals surface area contributed by atoms with Gasteiger partial charge in [0.2, 0.25) is 5.60 Å². The third kappa shape index (κ3) is 2.83. The number of rotatable bonds is 3. The second-order valence-electron chi connectivity index (χ2n) is 5.48. The van der Waals surface area contributed by atoms with Crippen molar-refractivity contribution in [2.24, 2.45) is 0 Å². The maximum Gasteiger partial charge on any atom is 0.432 e. The number of ether oxygens (including phenoxy) is 2. The Morgan fingerprint density at radius 1 is 1.29 bits per heavy atom. The van der Waals surface area contributed by atoms with Crippen LogP contribution in [0.25, 0.3) is 0 Å². The van der Waals surface area contributed by atoms with Crippen LogP contribution in [0.3, 0.4) is 0 Å². The number of carbonyl (C=O) groups excluding carboxylic acids is 2. The number of alkyl carbamates (subject to hydrolysis) is 1. The molecule has 2 unspecified atom stereocenters. The van der Waals surface area contributed by atoms with Gasteiger partial charge in [0, 0.05) is 17.0 Å². The first kappa shape index (κ1) is 16.7. The number of halogens is 4. The maximum absolute atomic E-state index is 13.9. The van der Waals surface area contributed by atoms with Gasteiger partial charge in [-0.15, -0.1) is 0 Å². The van der Waals surface area contributed by atoms with Crippen LogP contribution in [0.15, 0.2) is 18.2 Å². The predicted octanol–water partition coefficient (Wildman–Crippen LogP) is 3.55. The number of cyclic esters (lactones) is 2. The minimum atomic E-state index is -4.87. The summed E-state index contributed by atoms with van der Waals surface area (Å²) in [7, 11) is 0. The van der Waals surface area contributed by atoms with Gasteiger partial charge in [-0.25, -0.2) is 9.59 Å². The average molecular weight is 365 g/mol. The Morgan fingerprint density at radius 3 is 2.67 bits per heavy atom. The fraction of sp³-hybridized carbons (Fsp3) is 0.429. The van der Waals surface area contributed by atoms with E-state index in [4.69, 9.17) is 21.1 Å². The quantitative estimate of drug-likeness (QED) is 0.860. The van der Waals surface area contributed by atoms with Gasteiger partial charge >= 0.3 is 18.4 Å². The number of benzene rings is 1. The zero-order chi connectivity index (χ0) is 17.5. The molecule has 24 heavy (non-hydrogen) atoms. The third-order valence-corrected chi connectivity index (χ3v) is 4.18. The molecule has 6 nitrogen and oxygen atoms in total. The lowest BCUT2D eigenvalue weighted by Crippen LogP contribution is -2.50. The highest BCUT2D eigenvalue weighted by Gasteiger charge is 2.62. The van der Waals surface area contributed by atoms with Crippen molar-refractivity contribution in [3.8, 4) is 0 Å². The van der Waals surface area contributed by atoms with Crippen molar-refractivity contribution in [3.63, 3.8) is 0 Å². The molecule has 3 rings (SSSR count). The summed E-state index contributed by atoms with van der Waals surface area (Å²) in [5.74, 6) is 0. The number of anilines is 1. The summed E-state index contributed by atoms with van der Waals surface area (Å²) in [6.07, 6.45) is -8.24. The van der Waals surface area contributed by atoms with Crippen LogP contribution >= 0.6 is 11.6 Å². The van der Waals surface area contributed by atoms with Crippen LogP contribution in [0.5, 0.6) is 0 Å². The number of nitrogens with one attached hydrogen (secondary N) is 2. The van der Waals surface area contributed by atoms with E-state index < -0.39 is 36.5 Å². The van der Waals surface area contributed by atoms with E-state index in [1.54, 1.807) is 0 Å². The largest absolute Gasteiger partial charge is 0.444 e. The van der Waals surface area contributed by atoms with Gasteiger partial charge in [0.05, 0.1) is 12.2 Å². The van der Waals surface area contributed by atoms with Crippen molar-refractivity contribution < 1.29 is 32.2 Å². The van der Waals surface area contributed by atoms with Crippen LogP contribution in [-0.4, -0.2) is 31.0 Å². The fourth-order valence-electron chi connectivity index (χ4n) is 2.80. The second kappa shape index (κ2) is 5.73. The Kier molecular flexibility index (Phi) is 3.98. The highest BCUT2D eigenvalue weighted by atomic mass is 35.5. The second-order valence-corrected chi connectivity index (χ2v) is 5.91. The molecule has 1 fully saturated rings. The summed E-state index contributed by atoms with van der Waals surface area (Å²) in [6, 6.07) is 3.77. The van der Waals surface area contributed by atoms with E-state index in [9.17, 15) is 22.8 Å². The van der Waals surface area contributed by atoms with Crippen molar-refractivity contribution >= 4 is 29.5 Å². The van der Waals surface area contributed by atoms with Crippen LogP contribution in [0.4, 0.5) is 28.4 Å². The zero-order valence-electron chi connectivity index (χ0n) is 12.1. The first-order valence-electron chi connectivity index (χ1n) is 7.02. The molecule has 2 N–H and O–H groups in total. The van der Waals surface area contributed by atoms with Crippen LogP contribution in [-0.2, 0) is 15.1 Å². The van der Waals surface area contributed by atoms with E-state index in [-0.39, 0.29) is 29.2 Å². The Balaban J connectivity index is 1.98. The fourth-order valence-corrected chi connectivity index (χ4v) is 2.98. The SMILES string of the molecule is O=C1NCC(CCC2(C(F)(F)F)OC(=O)Nc3ccc(Cl)cc32)O1. The molecule has 0 spiro atoms. The summed E-state index contributed by atoms with van der Waals surface area (Å²) in [4.78, 5) is 22.7. The van der Waals surface area contributed by atoms with Crippen molar-refractivity contribution in [1.29, 1.82) is 0 Å². The van der Waals surface area contributed by atoms with E-state index >= 15 is 0 Å². The number of fused-ring (bicyclic) bond motifs is 1. The lowest BCUT2D eigenvalue weighted by atomic mass is 9.85. The van der Waals surface area contributed by atoms with E-state index in [1.165, 1.54) is 12.1 Å². The van der Waals surface area contributed by atoms with Crippen LogP contribution in [0.2, 0.25) is 5.02 Å². The molecule has 1 aromatic rings. The topological polar surface area (TPSA) is 76.7 Å². The molecular formula is C14H12ClF3N2O4. The van der Waals surface area contributed by atoms with E-state index in [0.717, 1.165) is 6.07 Å². The molecule has 0 aromatic heterocycles. The number of hydrogen-bond acceptors (Lipinski definition) is 4. The van der Waals surface area contributed by atoms with Gasteiger partial charge in [-0.2, -0.15) is 13.2 Å². The number of carbonyl (C=O) groups is 2. The monoisotopic (exact) mass is 364 g/mol. The number of hydrogen-bond donors (Lipinski definition) is 2. The molecule has 10 heteroatoms. The van der Waals surface area contributed by atoms with E-state index in [0.29, 0.717) is 0 Å². The van der Waals surface area contributed by atoms with Gasteiger partial charge in [-0.05, 0) is 24.6 Å². The third-order valence-electron chi connectivity index (χ3n) is 3.94. The average Bonchev–Trinajstić information content (AvgIpc) is 2.90. The Hall–Kier alpha value is -2.16. The lowest BCUT2D eigenvalue weighted by Gasteiger charge is -2.40. The van der Waals surface area contributed by atoms with E-state index in [2.05, 4.69) is 10.6 Å². The van der Waals surface area contributed by atoms with Gasteiger partial charge in [0.1, 0.15) is 6.10 Å². The van der Waals surface area contributed by atoms with Gasteiger partial charge in [-0.1, -0.05) is 11.6 Å². The summed E-state index contributed by atoms with van der Waals surface area (Å²) in [5.41, 5.74) is -3.15. The van der Waals surface area contributed by atoms with Gasteiger partial charge in [0.15, 0.2) is 0 Å². The van der Waals surface area contributed by atoms with Gasteiger partial charge in [0.25, 0.3) is 0 Å². The van der Waals surface area contributed by atoms with E-state index in [1.807, 2.05) is 0 Å². The lowest BCUT2D eigenvalue weighted by molar-refractivity contribution is -0.268. The Morgan fingerprint density at radius 2 is 2.04 bits per heavy atom. The van der Waals surface area contributed by atoms with Crippen LogP contribution in [0.1, 0.15) is 18.4 Å². The predicted molar refractivity (Wildman–Crippen MR) is 76.8 cm³/mol. The molecule has 2 atom stereocenters. The maximum atomic E-state index is 13.9. The summed E-state index contributed by atoms with van der Waals surface area (Å²) in [6.45, 7) is 0.0986. The highest BCUT2D eigenvalue weighted by Crippen LogP contribution is 2.51. The number of alkyl halides is 3. The Labute approximate surface area is 139 Å². The van der Waals surface area contributed by atoms with Crippen molar-refractivity contribution in [2.75, 3.05) is 11.9 Å². The summed E-state index contributed by atoms with van der Waals surface area (Å²) >= 11 is 5.82. The zero-order valence-corrected chi connectivity index (χ0v) is 12.8. The minimum absolute atomic E-state index is 0.0190. The van der Waals surface area contributed by atoms with Gasteiger partial charge in [-0.3, -0.25) is 5.32 Å². The first-order chi connectivity index (χ1) is 11.2. The molecule has 1 saturated heterocycles. The van der Waals surface area contributed by atoms with Crippen LogP contribution in [0, 0.1) is 0 Å². The summed E-state index contributed by atoms with van der Waals surface area (Å²) < 4.78 is 51.1. The molecule has 2 aliphatic rings. The van der Waals surface area contributed by atoms with Crippen molar-refractivity contribution in [3.05, 3.63) is 28.8 Å². The Bertz CT molecular complexity index is 697. The molecule has 2 heterocycles. The molecular weight excluding hydrogens is 353 g/mol. The van der Waals surface area contributed by atoms with Crippen LogP contribution < -0.4 is 10.6 Å². The minimum Gasteiger partial charge on any atom is -0.444 e. The highest BCUT2D eigenvalue weighted by molar-refractivity contribution is 6.30. The molecule has 0 aliphatic carbocycles. The molecule has 2 amide bonds. The normalized spacial score (nSPS) is 26.1. The molecule has 2 aliphatic heterocycles. The smallest absolute Gasteiger partial charge is 0.432 e. The molecule has 0 bridgehead atoms. The number of amides is 2. The van der Waals surface area contributed by atoms with Crippen molar-refractivity contribution in [1.82, 2.24) is 5.32 Å². The molecule has 130 valence electrons.